The molecule has 0 aliphatic rings. The smallest absolute Gasteiger partial charge is 0.222 e. The molecule has 0 unspecified atom stereocenters. The van der Waals surface area contributed by atoms with E-state index in [1.54, 1.807) is 18.5 Å². The summed E-state index contributed by atoms with van der Waals surface area (Å²) in [6.45, 7) is 1.14. The van der Waals surface area contributed by atoms with Gasteiger partial charge in [-0.3, -0.25) is 0 Å². The molecule has 0 radical (unpaired) electrons. The maximum absolute atomic E-state index is 13.7. The predicted molar refractivity (Wildman–Crippen MR) is 80.8 cm³/mol. The van der Waals surface area contributed by atoms with Crippen molar-refractivity contribution in [1.82, 2.24) is 14.9 Å². The Labute approximate surface area is 126 Å². The molecule has 0 saturated carbocycles. The van der Waals surface area contributed by atoms with E-state index < -0.39 is 0 Å². The molecule has 0 bridgehead atoms. The molecule has 0 spiro atoms. The molecular weight excluding hydrogens is 323 g/mol. The Bertz CT molecular complexity index is 572. The van der Waals surface area contributed by atoms with Crippen molar-refractivity contribution in [3.8, 4) is 0 Å². The van der Waals surface area contributed by atoms with Gasteiger partial charge in [-0.15, -0.1) is 0 Å². The van der Waals surface area contributed by atoms with Crippen LogP contribution in [0.25, 0.3) is 0 Å². The van der Waals surface area contributed by atoms with Crippen LogP contribution in [0, 0.1) is 5.82 Å². The Morgan fingerprint density at radius 3 is 2.60 bits per heavy atom. The maximum Gasteiger partial charge on any atom is 0.222 e. The summed E-state index contributed by atoms with van der Waals surface area (Å²) in [7, 11) is 3.83. The van der Waals surface area contributed by atoms with E-state index in [4.69, 9.17) is 0 Å². The van der Waals surface area contributed by atoms with Crippen molar-refractivity contribution < 1.29 is 4.39 Å². The molecule has 106 valence electrons. The van der Waals surface area contributed by atoms with Gasteiger partial charge in [0, 0.05) is 31.0 Å². The Morgan fingerprint density at radius 1 is 1.25 bits per heavy atom. The third-order valence-corrected chi connectivity index (χ3v) is 3.08. The molecule has 2 aromatic rings. The number of hydrogen-bond acceptors (Lipinski definition) is 4. The summed E-state index contributed by atoms with van der Waals surface area (Å²) in [6.07, 6.45) is 3.36. The molecule has 0 aliphatic heterocycles. The van der Waals surface area contributed by atoms with Crippen molar-refractivity contribution >= 4 is 21.9 Å². The molecule has 0 atom stereocenters. The fraction of sp³-hybridized carbons (Fsp3) is 0.286. The van der Waals surface area contributed by atoms with Crippen LogP contribution in [0.1, 0.15) is 11.1 Å². The topological polar surface area (TPSA) is 41.0 Å². The van der Waals surface area contributed by atoms with Gasteiger partial charge in [-0.05, 0) is 47.7 Å². The van der Waals surface area contributed by atoms with Crippen molar-refractivity contribution in [1.29, 1.82) is 0 Å². The lowest BCUT2D eigenvalue weighted by molar-refractivity contribution is 0.392. The summed E-state index contributed by atoms with van der Waals surface area (Å²) < 4.78 is 14.5. The largest absolute Gasteiger partial charge is 0.350 e. The van der Waals surface area contributed by atoms with Crippen LogP contribution in [-0.4, -0.2) is 29.0 Å². The first kappa shape index (κ1) is 14.9. The number of hydrogen-bond donors (Lipinski definition) is 1. The average molecular weight is 339 g/mol. The Morgan fingerprint density at radius 2 is 1.95 bits per heavy atom. The van der Waals surface area contributed by atoms with Crippen molar-refractivity contribution in [2.24, 2.45) is 0 Å². The second kappa shape index (κ2) is 6.76. The molecule has 1 aromatic carbocycles. The monoisotopic (exact) mass is 338 g/mol. The Balaban J connectivity index is 2.04. The van der Waals surface area contributed by atoms with Gasteiger partial charge < -0.3 is 10.2 Å². The zero-order chi connectivity index (χ0) is 14.5. The van der Waals surface area contributed by atoms with Gasteiger partial charge in [0.05, 0.1) is 4.47 Å². The second-order valence-corrected chi connectivity index (χ2v) is 5.66. The lowest BCUT2D eigenvalue weighted by atomic mass is 10.1. The molecule has 20 heavy (non-hydrogen) atoms. The first-order valence-electron chi connectivity index (χ1n) is 6.18. The van der Waals surface area contributed by atoms with Gasteiger partial charge >= 0.3 is 0 Å². The average Bonchev–Trinajstić information content (AvgIpc) is 2.41. The highest BCUT2D eigenvalue weighted by Gasteiger charge is 2.05. The Kier molecular flexibility index (Phi) is 5.03. The summed E-state index contributed by atoms with van der Waals surface area (Å²) in [5, 5.41) is 3.11. The minimum absolute atomic E-state index is 0.178. The van der Waals surface area contributed by atoms with E-state index >= 15 is 0 Å². The number of nitrogens with one attached hydrogen (secondary N) is 1. The van der Waals surface area contributed by atoms with Gasteiger partial charge in [0.25, 0.3) is 0 Å². The fourth-order valence-electron chi connectivity index (χ4n) is 1.78. The highest BCUT2D eigenvalue weighted by atomic mass is 79.9. The van der Waals surface area contributed by atoms with Gasteiger partial charge in [0.15, 0.2) is 0 Å². The molecule has 0 fully saturated rings. The van der Waals surface area contributed by atoms with Crippen LogP contribution in [0.15, 0.2) is 35.1 Å². The standard InChI is InChI=1S/C14H16BrFN4/c1-20(2)9-11-5-10(3-4-13(11)16)6-17-14-18-7-12(15)8-19-14/h3-5,7-8H,6,9H2,1-2H3,(H,17,18,19). The quantitative estimate of drug-likeness (QED) is 0.909. The van der Waals surface area contributed by atoms with Crippen LogP contribution in [-0.2, 0) is 13.1 Å². The minimum atomic E-state index is -0.178. The van der Waals surface area contributed by atoms with Crippen LogP contribution < -0.4 is 5.32 Å². The minimum Gasteiger partial charge on any atom is -0.350 e. The summed E-state index contributed by atoms with van der Waals surface area (Å²) in [6, 6.07) is 5.12. The van der Waals surface area contributed by atoms with Crippen LogP contribution in [0.2, 0.25) is 0 Å². The number of aromatic nitrogens is 2. The van der Waals surface area contributed by atoms with Crippen molar-refractivity contribution in [3.05, 3.63) is 52.0 Å². The number of halogens is 2. The Hall–Kier alpha value is -1.53. The number of anilines is 1. The van der Waals surface area contributed by atoms with Crippen LogP contribution >= 0.6 is 15.9 Å². The first-order valence-corrected chi connectivity index (χ1v) is 6.97. The molecule has 4 nitrogen and oxygen atoms in total. The SMILES string of the molecule is CN(C)Cc1cc(CNc2ncc(Br)cn2)ccc1F. The normalized spacial score (nSPS) is 10.8. The molecular formula is C14H16BrFN4. The van der Waals surface area contributed by atoms with Crippen molar-refractivity contribution in [2.45, 2.75) is 13.1 Å². The number of benzene rings is 1. The predicted octanol–water partition coefficient (Wildman–Crippen LogP) is 3.05. The molecule has 1 aromatic heterocycles. The van der Waals surface area contributed by atoms with Gasteiger partial charge in [0.1, 0.15) is 5.82 Å². The summed E-state index contributed by atoms with van der Waals surface area (Å²) in [4.78, 5) is 10.2. The molecule has 1 heterocycles. The van der Waals surface area contributed by atoms with Gasteiger partial charge in [0.2, 0.25) is 5.95 Å². The first-order chi connectivity index (χ1) is 9.54. The highest BCUT2D eigenvalue weighted by Crippen LogP contribution is 2.13. The van der Waals surface area contributed by atoms with Crippen molar-refractivity contribution in [2.75, 3.05) is 19.4 Å². The summed E-state index contributed by atoms with van der Waals surface area (Å²) >= 11 is 3.28. The van der Waals surface area contributed by atoms with Gasteiger partial charge in [-0.2, -0.15) is 0 Å². The van der Waals surface area contributed by atoms with Gasteiger partial charge in [-0.1, -0.05) is 6.07 Å². The van der Waals surface area contributed by atoms with Crippen LogP contribution in [0.3, 0.4) is 0 Å². The fourth-order valence-corrected chi connectivity index (χ4v) is 1.99. The van der Waals surface area contributed by atoms with E-state index in [1.165, 1.54) is 6.07 Å². The van der Waals surface area contributed by atoms with E-state index in [0.29, 0.717) is 24.6 Å². The molecule has 2 rings (SSSR count). The van der Waals surface area contributed by atoms with E-state index in [0.717, 1.165) is 10.0 Å². The van der Waals surface area contributed by atoms with E-state index in [2.05, 4.69) is 31.2 Å². The zero-order valence-corrected chi connectivity index (χ0v) is 13.0. The summed E-state index contributed by atoms with van der Waals surface area (Å²) in [5.41, 5.74) is 1.68. The maximum atomic E-state index is 13.7. The zero-order valence-electron chi connectivity index (χ0n) is 11.4. The molecule has 6 heteroatoms. The number of rotatable bonds is 5. The van der Waals surface area contributed by atoms with E-state index in [9.17, 15) is 4.39 Å². The molecule has 0 amide bonds. The lowest BCUT2D eigenvalue weighted by Crippen LogP contribution is -2.12. The highest BCUT2D eigenvalue weighted by molar-refractivity contribution is 9.10. The lowest BCUT2D eigenvalue weighted by Gasteiger charge is -2.12. The van der Waals surface area contributed by atoms with Gasteiger partial charge in [-0.25, -0.2) is 14.4 Å². The molecule has 0 aliphatic carbocycles. The van der Waals surface area contributed by atoms with E-state index in [-0.39, 0.29) is 5.82 Å². The second-order valence-electron chi connectivity index (χ2n) is 4.74. The third kappa shape index (κ3) is 4.25. The van der Waals surface area contributed by atoms with Crippen LogP contribution in [0.4, 0.5) is 10.3 Å². The number of nitrogens with zero attached hydrogens (tertiary/aromatic N) is 3. The van der Waals surface area contributed by atoms with E-state index in [1.807, 2.05) is 25.1 Å². The third-order valence-electron chi connectivity index (χ3n) is 2.67. The molecule has 0 saturated heterocycles. The summed E-state index contributed by atoms with van der Waals surface area (Å²) in [5.74, 6) is 0.369. The molecule has 1 N–H and O–H groups in total. The van der Waals surface area contributed by atoms with Crippen molar-refractivity contribution in [3.63, 3.8) is 0 Å². The van der Waals surface area contributed by atoms with Crippen LogP contribution in [0.5, 0.6) is 0 Å².